The number of fused-ring (bicyclic) bond motifs is 1. The molecule has 0 saturated carbocycles. The van der Waals surface area contributed by atoms with Crippen LogP contribution in [0.1, 0.15) is 0 Å². The molecule has 0 fully saturated rings. The summed E-state index contributed by atoms with van der Waals surface area (Å²) in [6, 6.07) is 13.8. The van der Waals surface area contributed by atoms with Gasteiger partial charge in [0.1, 0.15) is 17.7 Å². The predicted molar refractivity (Wildman–Crippen MR) is 65.1 cm³/mol. The molecule has 0 radical (unpaired) electrons. The summed E-state index contributed by atoms with van der Waals surface area (Å²) >= 11 is 0. The molecule has 0 spiro atoms. The fraction of sp³-hybridized carbons (Fsp3) is 0.0714. The molecule has 1 heterocycles. The molecule has 1 aromatic rings. The van der Waals surface area contributed by atoms with E-state index in [2.05, 4.69) is 5.16 Å². The van der Waals surface area contributed by atoms with E-state index in [1.807, 2.05) is 42.5 Å². The van der Waals surface area contributed by atoms with E-state index in [9.17, 15) is 0 Å². The second-order valence-electron chi connectivity index (χ2n) is 3.79. The summed E-state index contributed by atoms with van der Waals surface area (Å²) in [7, 11) is 1.65. The van der Waals surface area contributed by atoms with Crippen molar-refractivity contribution in [3.8, 4) is 28.1 Å². The van der Waals surface area contributed by atoms with Gasteiger partial charge >= 0.3 is 0 Å². The highest BCUT2D eigenvalue weighted by atomic mass is 16.5. The van der Waals surface area contributed by atoms with Crippen LogP contribution in [0, 0.1) is 0 Å². The highest BCUT2D eigenvalue weighted by Gasteiger charge is 2.12. The van der Waals surface area contributed by atoms with E-state index in [4.69, 9.17) is 9.26 Å². The number of nitrogens with zero attached hydrogens (tertiary/aromatic N) is 1. The molecular formula is C14H11NO2. The van der Waals surface area contributed by atoms with E-state index in [-0.39, 0.29) is 0 Å². The van der Waals surface area contributed by atoms with E-state index in [0.717, 1.165) is 28.1 Å². The lowest BCUT2D eigenvalue weighted by atomic mass is 10.0. The summed E-state index contributed by atoms with van der Waals surface area (Å²) in [5.74, 6) is 0.834. The molecule has 3 heteroatoms. The van der Waals surface area contributed by atoms with Gasteiger partial charge in [-0.05, 0) is 24.3 Å². The number of rotatable bonds is 2. The van der Waals surface area contributed by atoms with Crippen molar-refractivity contribution in [3.63, 3.8) is 0 Å². The maximum atomic E-state index is 5.13. The van der Waals surface area contributed by atoms with Gasteiger partial charge in [0.15, 0.2) is 0 Å². The minimum atomic E-state index is 0.834. The molecule has 3 rings (SSSR count). The highest BCUT2D eigenvalue weighted by Crippen LogP contribution is 2.32. The minimum Gasteiger partial charge on any atom is -0.497 e. The van der Waals surface area contributed by atoms with Crippen LogP contribution in [0.4, 0.5) is 0 Å². The molecule has 0 saturated heterocycles. The van der Waals surface area contributed by atoms with Crippen molar-refractivity contribution < 1.29 is 9.26 Å². The van der Waals surface area contributed by atoms with Crippen molar-refractivity contribution in [2.24, 2.45) is 0 Å². The average molecular weight is 225 g/mol. The summed E-state index contributed by atoms with van der Waals surface area (Å²) in [6.07, 6.45) is 1.66. The van der Waals surface area contributed by atoms with E-state index >= 15 is 0 Å². The molecule has 1 aliphatic carbocycles. The van der Waals surface area contributed by atoms with E-state index in [0.29, 0.717) is 0 Å². The fourth-order valence-electron chi connectivity index (χ4n) is 1.89. The Balaban J connectivity index is 2.11. The maximum absolute atomic E-state index is 5.13. The Labute approximate surface area is 99.0 Å². The summed E-state index contributed by atoms with van der Waals surface area (Å²) in [4.78, 5) is 0. The van der Waals surface area contributed by atoms with Crippen LogP contribution in [0.5, 0.6) is 5.75 Å². The average Bonchev–Trinajstić information content (AvgIpc) is 2.87. The summed E-state index contributed by atoms with van der Waals surface area (Å²) in [6.45, 7) is 0. The Morgan fingerprint density at radius 2 is 1.82 bits per heavy atom. The lowest BCUT2D eigenvalue weighted by molar-refractivity contribution is 0.405. The van der Waals surface area contributed by atoms with Crippen molar-refractivity contribution in [1.82, 2.24) is 5.16 Å². The SMILES string of the molecule is COc1ccc(-c2nocc3cccc2-3)cc1. The van der Waals surface area contributed by atoms with Gasteiger partial charge in [0, 0.05) is 16.7 Å². The Kier molecular flexibility index (Phi) is 2.29. The van der Waals surface area contributed by atoms with E-state index < -0.39 is 0 Å². The van der Waals surface area contributed by atoms with Crippen LogP contribution in [0.3, 0.4) is 0 Å². The summed E-state index contributed by atoms with van der Waals surface area (Å²) in [5.41, 5.74) is 4.04. The van der Waals surface area contributed by atoms with Crippen molar-refractivity contribution >= 4 is 0 Å². The minimum absolute atomic E-state index is 0.834. The number of hydrogen-bond acceptors (Lipinski definition) is 3. The quantitative estimate of drug-likeness (QED) is 0.670. The molecule has 0 unspecified atom stereocenters. The molecule has 2 aliphatic rings. The van der Waals surface area contributed by atoms with Gasteiger partial charge in [0.2, 0.25) is 0 Å². The number of ether oxygens (including phenoxy) is 1. The Morgan fingerprint density at radius 3 is 2.59 bits per heavy atom. The fourth-order valence-corrected chi connectivity index (χ4v) is 1.89. The van der Waals surface area contributed by atoms with Crippen LogP contribution >= 0.6 is 0 Å². The van der Waals surface area contributed by atoms with Gasteiger partial charge in [-0.3, -0.25) is 0 Å². The third-order valence-electron chi connectivity index (χ3n) is 2.79. The lowest BCUT2D eigenvalue weighted by Gasteiger charge is -2.06. The van der Waals surface area contributed by atoms with Crippen LogP contribution in [0.25, 0.3) is 22.4 Å². The monoisotopic (exact) mass is 225 g/mol. The first-order valence-corrected chi connectivity index (χ1v) is 5.36. The molecule has 3 nitrogen and oxygen atoms in total. The maximum Gasteiger partial charge on any atom is 0.130 e. The molecule has 1 aromatic carbocycles. The summed E-state index contributed by atoms with van der Waals surface area (Å²) < 4.78 is 10.2. The second-order valence-corrected chi connectivity index (χ2v) is 3.79. The van der Waals surface area contributed by atoms with E-state index in [1.54, 1.807) is 13.4 Å². The van der Waals surface area contributed by atoms with Crippen molar-refractivity contribution in [2.75, 3.05) is 7.11 Å². The predicted octanol–water partition coefficient (Wildman–Crippen LogP) is 3.46. The number of hydrogen-bond donors (Lipinski definition) is 0. The Bertz CT molecular complexity index is 598. The van der Waals surface area contributed by atoms with Crippen molar-refractivity contribution in [2.45, 2.75) is 0 Å². The van der Waals surface area contributed by atoms with Crippen LogP contribution in [-0.4, -0.2) is 12.3 Å². The number of benzene rings is 1. The number of aromatic nitrogens is 1. The van der Waals surface area contributed by atoms with Gasteiger partial charge in [-0.2, -0.15) is 0 Å². The van der Waals surface area contributed by atoms with E-state index in [1.165, 1.54) is 0 Å². The molecule has 0 atom stereocenters. The van der Waals surface area contributed by atoms with Crippen LogP contribution in [0.2, 0.25) is 0 Å². The van der Waals surface area contributed by atoms with Crippen molar-refractivity contribution in [1.29, 1.82) is 0 Å². The zero-order chi connectivity index (χ0) is 11.7. The largest absolute Gasteiger partial charge is 0.497 e. The first kappa shape index (κ1) is 9.90. The van der Waals surface area contributed by atoms with Crippen LogP contribution in [-0.2, 0) is 0 Å². The smallest absolute Gasteiger partial charge is 0.130 e. The Morgan fingerprint density at radius 1 is 1.00 bits per heavy atom. The zero-order valence-corrected chi connectivity index (χ0v) is 9.38. The molecule has 0 amide bonds. The van der Waals surface area contributed by atoms with Gasteiger partial charge in [0.25, 0.3) is 0 Å². The first-order valence-electron chi connectivity index (χ1n) is 5.36. The van der Waals surface area contributed by atoms with Crippen LogP contribution < -0.4 is 4.74 Å². The second kappa shape index (κ2) is 3.94. The standard InChI is InChI=1S/C14H11NO2/c1-16-12-7-5-10(6-8-12)14-13-4-2-3-11(13)9-17-15-14/h2-9H,1H3. The van der Waals surface area contributed by atoms with Gasteiger partial charge in [0.05, 0.1) is 7.11 Å². The van der Waals surface area contributed by atoms with Gasteiger partial charge in [-0.25, -0.2) is 0 Å². The van der Waals surface area contributed by atoms with Gasteiger partial charge in [-0.15, -0.1) is 0 Å². The van der Waals surface area contributed by atoms with Gasteiger partial charge < -0.3 is 9.26 Å². The summed E-state index contributed by atoms with van der Waals surface area (Å²) in [5, 5.41) is 4.09. The molecule has 0 bridgehead atoms. The molecular weight excluding hydrogens is 214 g/mol. The molecule has 84 valence electrons. The molecule has 0 aromatic heterocycles. The zero-order valence-electron chi connectivity index (χ0n) is 9.38. The normalized spacial score (nSPS) is 10.6. The van der Waals surface area contributed by atoms with Gasteiger partial charge in [-0.1, -0.05) is 23.4 Å². The molecule has 17 heavy (non-hydrogen) atoms. The lowest BCUT2D eigenvalue weighted by Crippen LogP contribution is -1.88. The number of methoxy groups -OCH3 is 1. The Hall–Kier alpha value is -2.29. The first-order chi connectivity index (χ1) is 8.38. The molecule has 1 aliphatic heterocycles. The third-order valence-corrected chi connectivity index (χ3v) is 2.79. The van der Waals surface area contributed by atoms with Crippen molar-refractivity contribution in [3.05, 3.63) is 48.7 Å². The molecule has 0 N–H and O–H groups in total. The third kappa shape index (κ3) is 1.65. The van der Waals surface area contributed by atoms with Crippen LogP contribution in [0.15, 0.2) is 53.3 Å². The highest BCUT2D eigenvalue weighted by molar-refractivity contribution is 5.81. The topological polar surface area (TPSA) is 35.3 Å².